The molecule has 1 atom stereocenters. The van der Waals surface area contributed by atoms with Crippen molar-refractivity contribution in [3.8, 4) is 0 Å². The second-order valence-electron chi connectivity index (χ2n) is 2.59. The Balaban J connectivity index is 2.89. The van der Waals surface area contributed by atoms with Crippen LogP contribution in [0.3, 0.4) is 0 Å². The van der Waals surface area contributed by atoms with E-state index in [1.807, 2.05) is 7.05 Å². The van der Waals surface area contributed by atoms with Crippen LogP contribution in [0.1, 0.15) is 26.7 Å². The molecule has 2 nitrogen and oxygen atoms in total. The molecule has 0 spiro atoms. The van der Waals surface area contributed by atoms with Crippen LogP contribution < -0.4 is 5.32 Å². The van der Waals surface area contributed by atoms with E-state index in [0.29, 0.717) is 6.04 Å². The number of hydrogen-bond acceptors (Lipinski definition) is 2. The zero-order valence-corrected chi connectivity index (χ0v) is 7.31. The van der Waals surface area contributed by atoms with Crippen molar-refractivity contribution < 1.29 is 4.74 Å². The van der Waals surface area contributed by atoms with Gasteiger partial charge in [-0.05, 0) is 26.8 Å². The van der Waals surface area contributed by atoms with Crippen LogP contribution in [0.4, 0.5) is 0 Å². The highest BCUT2D eigenvalue weighted by atomic mass is 16.5. The molecule has 0 aromatic rings. The molecule has 0 saturated carbocycles. The van der Waals surface area contributed by atoms with Gasteiger partial charge >= 0.3 is 0 Å². The Morgan fingerprint density at radius 2 is 2.10 bits per heavy atom. The van der Waals surface area contributed by atoms with Crippen molar-refractivity contribution in [3.05, 3.63) is 0 Å². The first-order valence-corrected chi connectivity index (χ1v) is 4.06. The predicted molar refractivity (Wildman–Crippen MR) is 44.2 cm³/mol. The molecule has 2 heteroatoms. The summed E-state index contributed by atoms with van der Waals surface area (Å²) < 4.78 is 5.32. The largest absolute Gasteiger partial charge is 0.381 e. The molecule has 0 saturated heterocycles. The molecule has 0 aliphatic rings. The van der Waals surface area contributed by atoms with Gasteiger partial charge in [0.25, 0.3) is 0 Å². The first-order chi connectivity index (χ1) is 4.81. The van der Waals surface area contributed by atoms with Crippen LogP contribution in [0, 0.1) is 0 Å². The summed E-state index contributed by atoms with van der Waals surface area (Å²) in [4.78, 5) is 0. The van der Waals surface area contributed by atoms with Crippen LogP contribution in [-0.4, -0.2) is 26.3 Å². The molecule has 0 heterocycles. The molecule has 62 valence electrons. The lowest BCUT2D eigenvalue weighted by atomic mass is 10.2. The smallest absolute Gasteiger partial charge is 0.0480 e. The van der Waals surface area contributed by atoms with E-state index < -0.39 is 0 Å². The summed E-state index contributed by atoms with van der Waals surface area (Å²) in [5.41, 5.74) is 0. The van der Waals surface area contributed by atoms with Crippen molar-refractivity contribution >= 4 is 0 Å². The fraction of sp³-hybridized carbons (Fsp3) is 1.00. The second kappa shape index (κ2) is 7.03. The van der Waals surface area contributed by atoms with E-state index in [2.05, 4.69) is 19.2 Å². The summed E-state index contributed by atoms with van der Waals surface area (Å²) in [6.45, 7) is 6.07. The van der Waals surface area contributed by atoms with Gasteiger partial charge in [0.2, 0.25) is 0 Å². The molecule has 0 amide bonds. The monoisotopic (exact) mass is 145 g/mol. The third-order valence-corrected chi connectivity index (χ3v) is 1.54. The molecule has 10 heavy (non-hydrogen) atoms. The lowest BCUT2D eigenvalue weighted by molar-refractivity contribution is 0.126. The van der Waals surface area contributed by atoms with Gasteiger partial charge in [-0.1, -0.05) is 6.92 Å². The van der Waals surface area contributed by atoms with Crippen LogP contribution in [0.25, 0.3) is 0 Å². The highest BCUT2D eigenvalue weighted by Crippen LogP contribution is 1.90. The van der Waals surface area contributed by atoms with E-state index in [4.69, 9.17) is 4.74 Å². The minimum absolute atomic E-state index is 0.580. The van der Waals surface area contributed by atoms with Crippen LogP contribution in [0.15, 0.2) is 0 Å². The summed E-state index contributed by atoms with van der Waals surface area (Å²) in [5.74, 6) is 0. The van der Waals surface area contributed by atoms with Gasteiger partial charge in [0, 0.05) is 19.3 Å². The Labute approximate surface area is 64.0 Å². The maximum atomic E-state index is 5.32. The van der Waals surface area contributed by atoms with Crippen molar-refractivity contribution in [1.82, 2.24) is 5.32 Å². The third-order valence-electron chi connectivity index (χ3n) is 1.54. The topological polar surface area (TPSA) is 21.3 Å². The zero-order valence-electron chi connectivity index (χ0n) is 7.31. The number of hydrogen-bond donors (Lipinski definition) is 1. The van der Waals surface area contributed by atoms with Gasteiger partial charge in [-0.2, -0.15) is 0 Å². The molecule has 0 aromatic carbocycles. The van der Waals surface area contributed by atoms with Crippen LogP contribution in [-0.2, 0) is 4.74 Å². The van der Waals surface area contributed by atoms with Crippen molar-refractivity contribution in [2.24, 2.45) is 0 Å². The third kappa shape index (κ3) is 6.05. The Morgan fingerprint density at radius 3 is 2.60 bits per heavy atom. The van der Waals surface area contributed by atoms with E-state index in [1.54, 1.807) is 0 Å². The van der Waals surface area contributed by atoms with Gasteiger partial charge in [-0.3, -0.25) is 0 Å². The average Bonchev–Trinajstić information content (AvgIpc) is 1.98. The Morgan fingerprint density at radius 1 is 1.40 bits per heavy atom. The molecule has 0 radical (unpaired) electrons. The van der Waals surface area contributed by atoms with Gasteiger partial charge in [0.15, 0.2) is 0 Å². The molecule has 1 unspecified atom stereocenters. The summed E-state index contributed by atoms with van der Waals surface area (Å²) in [7, 11) is 1.98. The second-order valence-corrected chi connectivity index (χ2v) is 2.59. The van der Waals surface area contributed by atoms with E-state index in [1.165, 1.54) is 0 Å². The first kappa shape index (κ1) is 9.92. The van der Waals surface area contributed by atoms with Crippen LogP contribution in [0.2, 0.25) is 0 Å². The molecule has 0 aliphatic heterocycles. The normalized spacial score (nSPS) is 13.5. The maximum Gasteiger partial charge on any atom is 0.0480 e. The van der Waals surface area contributed by atoms with Gasteiger partial charge < -0.3 is 10.1 Å². The van der Waals surface area contributed by atoms with Crippen LogP contribution >= 0.6 is 0 Å². The van der Waals surface area contributed by atoms with E-state index in [0.717, 1.165) is 26.1 Å². The molecule has 0 bridgehead atoms. The summed E-state index contributed by atoms with van der Waals surface area (Å²) >= 11 is 0. The number of nitrogens with one attached hydrogen (secondary N) is 1. The number of rotatable bonds is 6. The number of ether oxygens (including phenoxy) is 1. The standard InChI is InChI=1S/C8H19NO/c1-4-6-10-7-5-8(2)9-3/h8-9H,4-7H2,1-3H3. The Bertz CT molecular complexity index is 66.3. The summed E-state index contributed by atoms with van der Waals surface area (Å²) in [6.07, 6.45) is 2.23. The van der Waals surface area contributed by atoms with Gasteiger partial charge in [-0.15, -0.1) is 0 Å². The Hall–Kier alpha value is -0.0800. The maximum absolute atomic E-state index is 5.32. The van der Waals surface area contributed by atoms with E-state index >= 15 is 0 Å². The predicted octanol–water partition coefficient (Wildman–Crippen LogP) is 1.41. The molecule has 0 fully saturated rings. The molecular formula is C8H19NO. The quantitative estimate of drug-likeness (QED) is 0.571. The fourth-order valence-electron chi connectivity index (χ4n) is 0.651. The van der Waals surface area contributed by atoms with Crippen LogP contribution in [0.5, 0.6) is 0 Å². The highest BCUT2D eigenvalue weighted by Gasteiger charge is 1.95. The zero-order chi connectivity index (χ0) is 7.82. The van der Waals surface area contributed by atoms with E-state index in [-0.39, 0.29) is 0 Å². The molecule has 0 rings (SSSR count). The van der Waals surface area contributed by atoms with Gasteiger partial charge in [-0.25, -0.2) is 0 Å². The van der Waals surface area contributed by atoms with E-state index in [9.17, 15) is 0 Å². The summed E-state index contributed by atoms with van der Waals surface area (Å²) in [6, 6.07) is 0.580. The lowest BCUT2D eigenvalue weighted by Crippen LogP contribution is -2.22. The SMILES string of the molecule is CCCOCCC(C)NC. The minimum atomic E-state index is 0.580. The average molecular weight is 145 g/mol. The minimum Gasteiger partial charge on any atom is -0.381 e. The lowest BCUT2D eigenvalue weighted by Gasteiger charge is -2.09. The van der Waals surface area contributed by atoms with Crippen molar-refractivity contribution in [3.63, 3.8) is 0 Å². The van der Waals surface area contributed by atoms with Gasteiger partial charge in [0.1, 0.15) is 0 Å². The summed E-state index contributed by atoms with van der Waals surface area (Å²) in [5, 5.41) is 3.16. The van der Waals surface area contributed by atoms with Gasteiger partial charge in [0.05, 0.1) is 0 Å². The highest BCUT2D eigenvalue weighted by molar-refractivity contribution is 4.54. The van der Waals surface area contributed by atoms with Crippen molar-refractivity contribution in [2.75, 3.05) is 20.3 Å². The first-order valence-electron chi connectivity index (χ1n) is 4.06. The molecular weight excluding hydrogens is 126 g/mol. The van der Waals surface area contributed by atoms with Crippen molar-refractivity contribution in [2.45, 2.75) is 32.7 Å². The molecule has 1 N–H and O–H groups in total. The Kier molecular flexibility index (Phi) is 6.98. The fourth-order valence-corrected chi connectivity index (χ4v) is 0.651. The van der Waals surface area contributed by atoms with Crippen molar-refractivity contribution in [1.29, 1.82) is 0 Å². The molecule has 0 aromatic heterocycles. The molecule has 0 aliphatic carbocycles.